The number of benzene rings is 1. The molecule has 2 aliphatic heterocycles. The van der Waals surface area contributed by atoms with Gasteiger partial charge in [0.2, 0.25) is 23.6 Å². The van der Waals surface area contributed by atoms with Gasteiger partial charge in [0.05, 0.1) is 113 Å². The molecule has 4 aromatic heterocycles. The summed E-state index contributed by atoms with van der Waals surface area (Å²) in [7, 11) is 1.93. The van der Waals surface area contributed by atoms with E-state index in [1.165, 1.54) is 4.90 Å². The summed E-state index contributed by atoms with van der Waals surface area (Å²) in [4.78, 5) is 87.3. The molecule has 0 saturated carbocycles. The fourth-order valence-corrected chi connectivity index (χ4v) is 10.1. The first-order chi connectivity index (χ1) is 39.9. The molecule has 0 radical (unpaired) electrons. The number of aromatic nitrogens is 6. The number of rotatable bonds is 33. The average Bonchev–Trinajstić information content (AvgIpc) is 3.13. The molecule has 0 aliphatic carbocycles. The van der Waals surface area contributed by atoms with Crippen molar-refractivity contribution in [2.45, 2.75) is 112 Å². The molecule has 5 aromatic rings. The van der Waals surface area contributed by atoms with Crippen LogP contribution in [0.1, 0.15) is 87.3 Å². The van der Waals surface area contributed by atoms with Gasteiger partial charge in [-0.2, -0.15) is 0 Å². The van der Waals surface area contributed by atoms with Crippen molar-refractivity contribution in [1.29, 1.82) is 0 Å². The highest BCUT2D eigenvalue weighted by Gasteiger charge is 2.44. The molecular weight excluding hydrogens is 1090 g/mol. The van der Waals surface area contributed by atoms with Crippen LogP contribution in [0, 0.1) is 12.3 Å². The lowest BCUT2D eigenvalue weighted by molar-refractivity contribution is -0.144. The summed E-state index contributed by atoms with van der Waals surface area (Å²) in [6, 6.07) is 13.5. The number of fused-ring (bicyclic) bond motifs is 1. The number of ether oxygens (including phenoxy) is 5. The number of thiazole rings is 1. The molecule has 25 heteroatoms. The van der Waals surface area contributed by atoms with Crippen molar-refractivity contribution < 1.29 is 52.8 Å². The van der Waals surface area contributed by atoms with E-state index in [-0.39, 0.29) is 88.4 Å². The van der Waals surface area contributed by atoms with Crippen LogP contribution in [-0.2, 0) is 69.0 Å². The summed E-state index contributed by atoms with van der Waals surface area (Å²) in [6.07, 6.45) is 0.889. The third-order valence-corrected chi connectivity index (χ3v) is 15.1. The van der Waals surface area contributed by atoms with Gasteiger partial charge in [0.15, 0.2) is 5.82 Å². The summed E-state index contributed by atoms with van der Waals surface area (Å²) in [5.74, 6) is 0.218. The van der Waals surface area contributed by atoms with Crippen LogP contribution in [0.15, 0.2) is 60.4 Å². The maximum Gasteiger partial charge on any atom is 0.260 e. The van der Waals surface area contributed by atoms with E-state index in [9.17, 15) is 29.1 Å². The lowest BCUT2D eigenvalue weighted by Crippen LogP contribution is -2.57. The second kappa shape index (κ2) is 31.2. The van der Waals surface area contributed by atoms with Gasteiger partial charge in [0.1, 0.15) is 35.7 Å². The van der Waals surface area contributed by atoms with Gasteiger partial charge in [-0.25, -0.2) is 15.0 Å². The number of hydrogen-bond donors (Lipinski definition) is 5. The summed E-state index contributed by atoms with van der Waals surface area (Å²) in [6.45, 7) is 18.5. The first-order valence-electron chi connectivity index (χ1n) is 28.3. The molecule has 24 nitrogen and oxygen atoms in total. The maximum atomic E-state index is 14.0. The SMILES string of the molecule is CCn1cnnc1-c1cccc(N2Cc3c(cc(N(C)C(C)C)nc3CNCC(=O)NCCOCCOCCOCCOCCOCCC(=O)N[C@H](C(=O)N3C[C@H](O)C[C@H]3C(=O)NCc3ccc(-c4scnc4C)cc3)C(C)(C)C)C2=O)n1. The molecule has 2 aliphatic rings. The van der Waals surface area contributed by atoms with E-state index in [4.69, 9.17) is 33.7 Å². The van der Waals surface area contributed by atoms with Gasteiger partial charge >= 0.3 is 0 Å². The van der Waals surface area contributed by atoms with Gasteiger partial charge in [0, 0.05) is 64.2 Å². The normalized spacial score (nSPS) is 15.5. The first kappa shape index (κ1) is 63.7. The minimum absolute atomic E-state index is 0.0136. The van der Waals surface area contributed by atoms with Crippen molar-refractivity contribution >= 4 is 52.5 Å². The lowest BCUT2D eigenvalue weighted by atomic mass is 9.85. The van der Waals surface area contributed by atoms with Crippen LogP contribution in [0.3, 0.4) is 0 Å². The van der Waals surface area contributed by atoms with Crippen molar-refractivity contribution in [3.8, 4) is 22.0 Å². The number of aliphatic hydroxyl groups excluding tert-OH is 1. The average molecular weight is 1170 g/mol. The summed E-state index contributed by atoms with van der Waals surface area (Å²) in [5, 5.41) is 30.7. The minimum Gasteiger partial charge on any atom is -0.391 e. The Balaban J connectivity index is 0.693. The Bertz CT molecular complexity index is 2930. The number of hydrogen-bond acceptors (Lipinski definition) is 19. The van der Waals surface area contributed by atoms with Crippen molar-refractivity contribution in [2.75, 3.05) is 103 Å². The number of amides is 5. The van der Waals surface area contributed by atoms with Crippen LogP contribution >= 0.6 is 11.3 Å². The van der Waals surface area contributed by atoms with Crippen LogP contribution < -0.4 is 31.1 Å². The molecule has 83 heavy (non-hydrogen) atoms. The Labute approximate surface area is 489 Å². The van der Waals surface area contributed by atoms with Crippen molar-refractivity contribution in [3.63, 3.8) is 0 Å². The molecule has 3 atom stereocenters. The number of nitrogens with one attached hydrogen (secondary N) is 4. The number of nitrogens with zero attached hydrogens (tertiary/aromatic N) is 9. The predicted octanol–water partition coefficient (Wildman–Crippen LogP) is 3.68. The molecule has 5 N–H and O–H groups in total. The zero-order valence-electron chi connectivity index (χ0n) is 49.0. The Morgan fingerprint density at radius 2 is 1.54 bits per heavy atom. The largest absolute Gasteiger partial charge is 0.391 e. The molecule has 1 aromatic carbocycles. The number of aryl methyl sites for hydroxylation is 2. The molecule has 0 spiro atoms. The highest BCUT2D eigenvalue weighted by atomic mass is 32.1. The van der Waals surface area contributed by atoms with Crippen LogP contribution in [0.5, 0.6) is 0 Å². The number of aliphatic hydroxyl groups is 1. The van der Waals surface area contributed by atoms with E-state index in [1.54, 1.807) is 28.6 Å². The monoisotopic (exact) mass is 1170 g/mol. The number of carbonyl (C=O) groups excluding carboxylic acids is 5. The second-order valence-corrected chi connectivity index (χ2v) is 22.4. The summed E-state index contributed by atoms with van der Waals surface area (Å²) >= 11 is 1.57. The molecule has 6 heterocycles. The quantitative estimate of drug-likeness (QED) is 0.0375. The minimum atomic E-state index is -0.941. The standard InChI is InChI=1S/C58H81N13O11S/c1-9-69-36-63-67-54(69)45-11-10-12-48(64-45)71-35-44-43(56(71)76)30-49(68(8)38(2)3)65-46(44)32-59-33-51(74)60-18-20-79-22-24-81-26-28-82-27-25-80-23-21-78-19-17-50(73)66-53(58(5,6)7)57(77)70-34-42(72)29-47(70)55(75)61-31-40-13-15-41(16-14-40)52-39(4)62-37-83-52/h10-16,30,36-38,42,47,53,59,72H,9,17-29,31-35H2,1-8H3,(H,60,74)(H,61,75)(H,66,73)/t42-,47+,53-/m1/s1. The van der Waals surface area contributed by atoms with Crippen LogP contribution in [0.2, 0.25) is 0 Å². The fourth-order valence-electron chi connectivity index (χ4n) is 9.29. The fraction of sp³-hybridized carbons (Fsp3) is 0.552. The molecule has 5 amide bonds. The predicted molar refractivity (Wildman–Crippen MR) is 312 cm³/mol. The number of likely N-dealkylation sites (tertiary alicyclic amines) is 1. The van der Waals surface area contributed by atoms with E-state index in [0.29, 0.717) is 100 Å². The second-order valence-electron chi connectivity index (χ2n) is 21.6. The van der Waals surface area contributed by atoms with E-state index in [0.717, 1.165) is 27.3 Å². The van der Waals surface area contributed by atoms with Crippen molar-refractivity contribution in [2.24, 2.45) is 5.41 Å². The molecular formula is C58H81N13O11S. The number of anilines is 2. The molecule has 450 valence electrons. The summed E-state index contributed by atoms with van der Waals surface area (Å²) < 4.78 is 29.9. The highest BCUT2D eigenvalue weighted by molar-refractivity contribution is 7.13. The Hall–Kier alpha value is -6.84. The zero-order chi connectivity index (χ0) is 59.5. The molecule has 7 rings (SSSR count). The number of β-amino-alcohol motifs (C(OH)–C–C–N with tert-alkyl or cyclic N) is 1. The Morgan fingerprint density at radius 3 is 2.18 bits per heavy atom. The van der Waals surface area contributed by atoms with Crippen LogP contribution in [0.25, 0.3) is 22.0 Å². The smallest absolute Gasteiger partial charge is 0.260 e. The van der Waals surface area contributed by atoms with E-state index in [2.05, 4.69) is 50.3 Å². The van der Waals surface area contributed by atoms with Gasteiger partial charge < -0.3 is 64.4 Å². The Morgan fingerprint density at radius 1 is 0.867 bits per heavy atom. The van der Waals surface area contributed by atoms with E-state index < -0.39 is 29.5 Å². The van der Waals surface area contributed by atoms with E-state index >= 15 is 0 Å². The molecule has 1 fully saturated rings. The highest BCUT2D eigenvalue weighted by Crippen LogP contribution is 2.33. The molecule has 0 unspecified atom stereocenters. The van der Waals surface area contributed by atoms with Gasteiger partial charge in [0.25, 0.3) is 5.91 Å². The lowest BCUT2D eigenvalue weighted by Gasteiger charge is -2.35. The third kappa shape index (κ3) is 18.1. The first-order valence-corrected chi connectivity index (χ1v) is 29.1. The third-order valence-electron chi connectivity index (χ3n) is 14.1. The van der Waals surface area contributed by atoms with Crippen molar-refractivity contribution in [1.82, 2.24) is 55.9 Å². The molecule has 1 saturated heterocycles. The van der Waals surface area contributed by atoms with Gasteiger partial charge in [-0.05, 0) is 62.4 Å². The number of carbonyl (C=O) groups is 5. The Kier molecular flexibility index (Phi) is 23.9. The van der Waals surface area contributed by atoms with Crippen LogP contribution in [0.4, 0.5) is 11.6 Å². The van der Waals surface area contributed by atoms with Gasteiger partial charge in [-0.1, -0.05) is 51.1 Å². The van der Waals surface area contributed by atoms with Crippen molar-refractivity contribution in [3.05, 3.63) is 88.4 Å². The zero-order valence-corrected chi connectivity index (χ0v) is 49.8. The van der Waals surface area contributed by atoms with Crippen LogP contribution in [-0.4, -0.2) is 186 Å². The topological polar surface area (TPSA) is 279 Å². The maximum absolute atomic E-state index is 14.0. The van der Waals surface area contributed by atoms with E-state index in [1.807, 2.05) is 99.1 Å². The van der Waals surface area contributed by atoms with Gasteiger partial charge in [-0.15, -0.1) is 21.5 Å². The van der Waals surface area contributed by atoms with Gasteiger partial charge in [-0.3, -0.25) is 28.9 Å². The molecule has 0 bridgehead atoms. The summed E-state index contributed by atoms with van der Waals surface area (Å²) in [5.41, 5.74) is 6.64. The number of pyridine rings is 2.